The number of carbonyl (C=O) groups is 1. The highest BCUT2D eigenvalue weighted by molar-refractivity contribution is 9.10. The predicted molar refractivity (Wildman–Crippen MR) is 73.8 cm³/mol. The molecule has 0 saturated heterocycles. The third kappa shape index (κ3) is 2.93. The highest BCUT2D eigenvalue weighted by Gasteiger charge is 2.14. The largest absolute Gasteiger partial charge is 0.364 e. The van der Waals surface area contributed by atoms with Crippen LogP contribution in [0.15, 0.2) is 33.7 Å². The fourth-order valence-corrected chi connectivity index (χ4v) is 1.90. The SMILES string of the molecule is Cc1cc(=O)c(C(=O)Nc2cc(Br)c(F)cc2F)c[nH]1. The number of halogens is 3. The molecule has 0 radical (unpaired) electrons. The molecule has 0 atom stereocenters. The van der Waals surface area contributed by atoms with Crippen LogP contribution in [0.2, 0.25) is 0 Å². The van der Waals surface area contributed by atoms with E-state index in [1.807, 2.05) is 0 Å². The number of anilines is 1. The van der Waals surface area contributed by atoms with E-state index < -0.39 is 23.0 Å². The van der Waals surface area contributed by atoms with E-state index in [4.69, 9.17) is 0 Å². The number of hydrogen-bond acceptors (Lipinski definition) is 2. The normalized spacial score (nSPS) is 10.4. The molecule has 1 aromatic heterocycles. The van der Waals surface area contributed by atoms with Crippen LogP contribution in [-0.4, -0.2) is 10.9 Å². The Balaban J connectivity index is 2.33. The van der Waals surface area contributed by atoms with Gasteiger partial charge in [0.25, 0.3) is 5.91 Å². The van der Waals surface area contributed by atoms with Gasteiger partial charge in [0.1, 0.15) is 17.2 Å². The summed E-state index contributed by atoms with van der Waals surface area (Å²) in [5.74, 6) is -2.49. The third-order valence-corrected chi connectivity index (χ3v) is 3.17. The molecule has 0 bridgehead atoms. The van der Waals surface area contributed by atoms with Gasteiger partial charge in [-0.05, 0) is 28.9 Å². The fraction of sp³-hybridized carbons (Fsp3) is 0.0769. The maximum Gasteiger partial charge on any atom is 0.261 e. The summed E-state index contributed by atoms with van der Waals surface area (Å²) in [4.78, 5) is 26.2. The summed E-state index contributed by atoms with van der Waals surface area (Å²) in [6, 6.07) is 2.98. The molecule has 104 valence electrons. The zero-order valence-electron chi connectivity index (χ0n) is 10.3. The third-order valence-electron chi connectivity index (χ3n) is 2.56. The first-order chi connectivity index (χ1) is 9.38. The summed E-state index contributed by atoms with van der Waals surface area (Å²) < 4.78 is 26.6. The maximum atomic E-state index is 13.5. The van der Waals surface area contributed by atoms with Gasteiger partial charge in [0.15, 0.2) is 5.43 Å². The molecule has 2 aromatic rings. The molecule has 0 spiro atoms. The summed E-state index contributed by atoms with van der Waals surface area (Å²) in [5.41, 5.74) is -0.263. The van der Waals surface area contributed by atoms with Gasteiger partial charge in [-0.1, -0.05) is 0 Å². The van der Waals surface area contributed by atoms with Gasteiger partial charge in [0.05, 0.1) is 10.2 Å². The number of benzene rings is 1. The number of rotatable bonds is 2. The lowest BCUT2D eigenvalue weighted by Gasteiger charge is -2.07. The molecule has 1 amide bonds. The van der Waals surface area contributed by atoms with Crippen molar-refractivity contribution >= 4 is 27.5 Å². The Morgan fingerprint density at radius 1 is 1.25 bits per heavy atom. The van der Waals surface area contributed by atoms with E-state index in [0.717, 1.165) is 6.07 Å². The van der Waals surface area contributed by atoms with Crippen molar-refractivity contribution in [3.8, 4) is 0 Å². The number of aromatic nitrogens is 1. The lowest BCUT2D eigenvalue weighted by molar-refractivity contribution is 0.102. The zero-order valence-corrected chi connectivity index (χ0v) is 11.8. The van der Waals surface area contributed by atoms with Crippen molar-refractivity contribution < 1.29 is 13.6 Å². The second-order valence-electron chi connectivity index (χ2n) is 4.09. The molecule has 1 aromatic carbocycles. The minimum atomic E-state index is -0.928. The van der Waals surface area contributed by atoms with Gasteiger partial charge >= 0.3 is 0 Å². The van der Waals surface area contributed by atoms with Gasteiger partial charge in [-0.2, -0.15) is 0 Å². The number of H-pyrrole nitrogens is 1. The van der Waals surface area contributed by atoms with Gasteiger partial charge in [-0.25, -0.2) is 8.78 Å². The standard InChI is InChI=1S/C13H9BrF2N2O2/c1-6-2-12(19)7(5-17-6)13(20)18-11-3-8(14)9(15)4-10(11)16/h2-5H,1H3,(H,17,19)(H,18,20). The number of hydrogen-bond donors (Lipinski definition) is 2. The van der Waals surface area contributed by atoms with Crippen LogP contribution in [0.4, 0.5) is 14.5 Å². The van der Waals surface area contributed by atoms with Crippen molar-refractivity contribution in [3.63, 3.8) is 0 Å². The summed E-state index contributed by atoms with van der Waals surface area (Å²) in [6.45, 7) is 1.67. The first-order valence-electron chi connectivity index (χ1n) is 5.53. The van der Waals surface area contributed by atoms with E-state index in [0.29, 0.717) is 11.8 Å². The molecule has 0 unspecified atom stereocenters. The summed E-state index contributed by atoms with van der Waals surface area (Å²) in [6.07, 6.45) is 1.24. The quantitative estimate of drug-likeness (QED) is 0.824. The highest BCUT2D eigenvalue weighted by atomic mass is 79.9. The molecule has 0 saturated carbocycles. The molecule has 4 nitrogen and oxygen atoms in total. The number of carbonyl (C=O) groups excluding carboxylic acids is 1. The van der Waals surface area contributed by atoms with Crippen LogP contribution in [0.5, 0.6) is 0 Å². The molecule has 2 N–H and O–H groups in total. The molecule has 7 heteroatoms. The van der Waals surface area contributed by atoms with Crippen LogP contribution in [0.1, 0.15) is 16.1 Å². The van der Waals surface area contributed by atoms with Gasteiger partial charge in [-0.3, -0.25) is 9.59 Å². The monoisotopic (exact) mass is 342 g/mol. The van der Waals surface area contributed by atoms with Crippen LogP contribution in [0.3, 0.4) is 0 Å². The summed E-state index contributed by atoms with van der Waals surface area (Å²) in [7, 11) is 0. The molecule has 20 heavy (non-hydrogen) atoms. The molecular formula is C13H9BrF2N2O2. The first kappa shape index (κ1) is 14.4. The predicted octanol–water partition coefficient (Wildman–Crippen LogP) is 2.98. The molecule has 0 fully saturated rings. The van der Waals surface area contributed by atoms with Crippen LogP contribution in [-0.2, 0) is 0 Å². The van der Waals surface area contributed by atoms with Crippen molar-refractivity contribution in [2.24, 2.45) is 0 Å². The van der Waals surface area contributed by atoms with E-state index >= 15 is 0 Å². The van der Waals surface area contributed by atoms with Crippen LogP contribution in [0, 0.1) is 18.6 Å². The Morgan fingerprint density at radius 3 is 2.60 bits per heavy atom. The summed E-state index contributed by atoms with van der Waals surface area (Å²) >= 11 is 2.89. The Labute approximate surface area is 121 Å². The fourth-order valence-electron chi connectivity index (χ4n) is 1.56. The average molecular weight is 343 g/mol. The number of aryl methyl sites for hydroxylation is 1. The minimum absolute atomic E-state index is 0.00650. The smallest absolute Gasteiger partial charge is 0.261 e. The molecular weight excluding hydrogens is 334 g/mol. The van der Waals surface area contributed by atoms with Crippen molar-refractivity contribution in [2.45, 2.75) is 6.92 Å². The highest BCUT2D eigenvalue weighted by Crippen LogP contribution is 2.23. The van der Waals surface area contributed by atoms with Crippen molar-refractivity contribution in [2.75, 3.05) is 5.32 Å². The Kier molecular flexibility index (Phi) is 3.99. The van der Waals surface area contributed by atoms with Gasteiger partial charge in [0, 0.05) is 24.0 Å². The average Bonchev–Trinajstić information content (AvgIpc) is 2.35. The van der Waals surface area contributed by atoms with E-state index in [1.54, 1.807) is 6.92 Å². The zero-order chi connectivity index (χ0) is 14.9. The Hall–Kier alpha value is -2.02. The second-order valence-corrected chi connectivity index (χ2v) is 4.95. The molecule has 0 aliphatic carbocycles. The van der Waals surface area contributed by atoms with Gasteiger partial charge in [0.2, 0.25) is 0 Å². The molecule has 0 aliphatic heterocycles. The lowest BCUT2D eigenvalue weighted by Crippen LogP contribution is -2.22. The van der Waals surface area contributed by atoms with Crippen LogP contribution >= 0.6 is 15.9 Å². The number of aromatic amines is 1. The van der Waals surface area contributed by atoms with Crippen molar-refractivity contribution in [1.29, 1.82) is 0 Å². The van der Waals surface area contributed by atoms with Gasteiger partial charge in [-0.15, -0.1) is 0 Å². The molecule has 0 aliphatic rings. The topological polar surface area (TPSA) is 62.0 Å². The van der Waals surface area contributed by atoms with Crippen LogP contribution < -0.4 is 10.7 Å². The Morgan fingerprint density at radius 2 is 1.95 bits per heavy atom. The maximum absolute atomic E-state index is 13.5. The summed E-state index contributed by atoms with van der Waals surface area (Å²) in [5, 5.41) is 2.22. The van der Waals surface area contributed by atoms with E-state index in [-0.39, 0.29) is 15.7 Å². The molecule has 1 heterocycles. The van der Waals surface area contributed by atoms with Crippen molar-refractivity contribution in [3.05, 3.63) is 62.0 Å². The van der Waals surface area contributed by atoms with E-state index in [1.165, 1.54) is 12.3 Å². The second kappa shape index (κ2) is 5.54. The van der Waals surface area contributed by atoms with E-state index in [9.17, 15) is 18.4 Å². The van der Waals surface area contributed by atoms with Crippen molar-refractivity contribution in [1.82, 2.24) is 4.98 Å². The number of nitrogens with one attached hydrogen (secondary N) is 2. The van der Waals surface area contributed by atoms with Gasteiger partial charge < -0.3 is 10.3 Å². The number of pyridine rings is 1. The first-order valence-corrected chi connectivity index (χ1v) is 6.33. The lowest BCUT2D eigenvalue weighted by atomic mass is 10.2. The minimum Gasteiger partial charge on any atom is -0.364 e. The Bertz CT molecular complexity index is 744. The molecule has 2 rings (SSSR count). The van der Waals surface area contributed by atoms with Crippen LogP contribution in [0.25, 0.3) is 0 Å². The van der Waals surface area contributed by atoms with E-state index in [2.05, 4.69) is 26.2 Å². The number of amides is 1.